The molecule has 1 aromatic heterocycles. The minimum Gasteiger partial charge on any atom is -0.294 e. The molecular formula is C12H18OS. The molecular weight excluding hydrogens is 192 g/mol. The predicted octanol–water partition coefficient (Wildman–Crippen LogP) is 3.98. The normalized spacial score (nSPS) is 12.9. The van der Waals surface area contributed by atoms with Crippen molar-refractivity contribution in [2.24, 2.45) is 5.92 Å². The van der Waals surface area contributed by atoms with Gasteiger partial charge in [-0.25, -0.2) is 0 Å². The number of hydrogen-bond acceptors (Lipinski definition) is 2. The molecule has 0 amide bonds. The predicted molar refractivity (Wildman–Crippen MR) is 62.2 cm³/mol. The monoisotopic (exact) mass is 210 g/mol. The molecule has 0 aliphatic rings. The Kier molecular flexibility index (Phi) is 3.87. The van der Waals surface area contributed by atoms with Crippen LogP contribution in [0.25, 0.3) is 0 Å². The molecule has 1 unspecified atom stereocenters. The van der Waals surface area contributed by atoms with E-state index in [2.05, 4.69) is 13.8 Å². The standard InChI is InChI=1S/C12H18OS/c1-5-6-8(2)12(13)11-7-9(3)14-10(11)4/h7-8H,5-6H2,1-4H3. The maximum atomic E-state index is 12.0. The van der Waals surface area contributed by atoms with Crippen LogP contribution in [0, 0.1) is 19.8 Å². The highest BCUT2D eigenvalue weighted by molar-refractivity contribution is 7.12. The van der Waals surface area contributed by atoms with Crippen LogP contribution in [0.15, 0.2) is 6.07 Å². The highest BCUT2D eigenvalue weighted by Crippen LogP contribution is 2.24. The van der Waals surface area contributed by atoms with Gasteiger partial charge in [-0.3, -0.25) is 4.79 Å². The van der Waals surface area contributed by atoms with Crippen LogP contribution in [0.1, 0.15) is 46.8 Å². The summed E-state index contributed by atoms with van der Waals surface area (Å²) in [6, 6.07) is 2.02. The Labute approximate surface area is 90.2 Å². The number of ketones is 1. The lowest BCUT2D eigenvalue weighted by molar-refractivity contribution is 0.0923. The smallest absolute Gasteiger partial charge is 0.166 e. The van der Waals surface area contributed by atoms with Gasteiger partial charge in [0, 0.05) is 21.2 Å². The van der Waals surface area contributed by atoms with Gasteiger partial charge in [0.05, 0.1) is 0 Å². The van der Waals surface area contributed by atoms with Gasteiger partial charge >= 0.3 is 0 Å². The van der Waals surface area contributed by atoms with E-state index in [0.717, 1.165) is 23.3 Å². The minimum atomic E-state index is 0.174. The summed E-state index contributed by atoms with van der Waals surface area (Å²) in [4.78, 5) is 14.4. The summed E-state index contributed by atoms with van der Waals surface area (Å²) in [6.45, 7) is 8.23. The van der Waals surface area contributed by atoms with Gasteiger partial charge in [-0.15, -0.1) is 11.3 Å². The van der Waals surface area contributed by atoms with E-state index >= 15 is 0 Å². The van der Waals surface area contributed by atoms with E-state index in [1.54, 1.807) is 11.3 Å². The molecule has 0 aliphatic heterocycles. The van der Waals surface area contributed by atoms with Gasteiger partial charge in [0.15, 0.2) is 5.78 Å². The van der Waals surface area contributed by atoms with Crippen LogP contribution in [0.4, 0.5) is 0 Å². The van der Waals surface area contributed by atoms with Crippen molar-refractivity contribution in [3.63, 3.8) is 0 Å². The van der Waals surface area contributed by atoms with Gasteiger partial charge in [-0.1, -0.05) is 20.3 Å². The number of thiophene rings is 1. The van der Waals surface area contributed by atoms with Crippen molar-refractivity contribution in [3.8, 4) is 0 Å². The van der Waals surface area contributed by atoms with E-state index in [4.69, 9.17) is 0 Å². The fourth-order valence-electron chi connectivity index (χ4n) is 1.71. The van der Waals surface area contributed by atoms with Crippen molar-refractivity contribution in [2.45, 2.75) is 40.5 Å². The van der Waals surface area contributed by atoms with Crippen LogP contribution in [-0.2, 0) is 0 Å². The first-order valence-corrected chi connectivity index (χ1v) is 5.99. The van der Waals surface area contributed by atoms with Crippen LogP contribution in [0.3, 0.4) is 0 Å². The Morgan fingerprint density at radius 2 is 2.14 bits per heavy atom. The van der Waals surface area contributed by atoms with Crippen LogP contribution >= 0.6 is 11.3 Å². The largest absolute Gasteiger partial charge is 0.294 e. The molecule has 0 spiro atoms. The molecule has 2 heteroatoms. The number of hydrogen-bond donors (Lipinski definition) is 0. The van der Waals surface area contributed by atoms with Crippen molar-refractivity contribution < 1.29 is 4.79 Å². The summed E-state index contributed by atoms with van der Waals surface area (Å²) in [5.41, 5.74) is 0.938. The molecule has 0 saturated carbocycles. The van der Waals surface area contributed by atoms with Crippen molar-refractivity contribution in [3.05, 3.63) is 21.4 Å². The third-order valence-corrected chi connectivity index (χ3v) is 3.44. The molecule has 1 nitrogen and oxygen atoms in total. The second kappa shape index (κ2) is 4.74. The first-order valence-electron chi connectivity index (χ1n) is 5.17. The lowest BCUT2D eigenvalue weighted by atomic mass is 9.96. The number of rotatable bonds is 4. The lowest BCUT2D eigenvalue weighted by Crippen LogP contribution is -2.10. The molecule has 0 N–H and O–H groups in total. The summed E-state index contributed by atoms with van der Waals surface area (Å²) in [5, 5.41) is 0. The number of Topliss-reactive ketones (excluding diaryl/α,β-unsaturated/α-hetero) is 1. The average molecular weight is 210 g/mol. The molecule has 14 heavy (non-hydrogen) atoms. The van der Waals surface area contributed by atoms with Crippen molar-refractivity contribution in [2.75, 3.05) is 0 Å². The third-order valence-electron chi connectivity index (χ3n) is 2.48. The molecule has 0 fully saturated rings. The first kappa shape index (κ1) is 11.4. The number of carbonyl (C=O) groups excluding carboxylic acids is 1. The lowest BCUT2D eigenvalue weighted by Gasteiger charge is -2.07. The molecule has 0 radical (unpaired) electrons. The van der Waals surface area contributed by atoms with Crippen LogP contribution in [0.5, 0.6) is 0 Å². The molecule has 1 aromatic rings. The number of carbonyl (C=O) groups is 1. The summed E-state index contributed by atoms with van der Waals surface area (Å²) in [6.07, 6.45) is 2.07. The van der Waals surface area contributed by atoms with E-state index < -0.39 is 0 Å². The Bertz CT molecular complexity index is 325. The zero-order chi connectivity index (χ0) is 10.7. The molecule has 0 aromatic carbocycles. The average Bonchev–Trinajstić information content (AvgIpc) is 2.44. The Morgan fingerprint density at radius 1 is 1.50 bits per heavy atom. The van der Waals surface area contributed by atoms with E-state index in [-0.39, 0.29) is 5.92 Å². The maximum absolute atomic E-state index is 12.0. The molecule has 0 aliphatic carbocycles. The summed E-state index contributed by atoms with van der Waals surface area (Å²) in [7, 11) is 0. The van der Waals surface area contributed by atoms with Gasteiger partial charge in [-0.2, -0.15) is 0 Å². The van der Waals surface area contributed by atoms with Crippen LogP contribution < -0.4 is 0 Å². The zero-order valence-corrected chi connectivity index (χ0v) is 10.2. The van der Waals surface area contributed by atoms with Crippen molar-refractivity contribution in [1.82, 2.24) is 0 Å². The van der Waals surface area contributed by atoms with Gasteiger partial charge in [0.1, 0.15) is 0 Å². The summed E-state index contributed by atoms with van der Waals surface area (Å²) in [5.74, 6) is 0.487. The van der Waals surface area contributed by atoms with Crippen LogP contribution in [-0.4, -0.2) is 5.78 Å². The highest BCUT2D eigenvalue weighted by Gasteiger charge is 2.17. The Morgan fingerprint density at radius 3 is 2.57 bits per heavy atom. The van der Waals surface area contributed by atoms with Crippen molar-refractivity contribution in [1.29, 1.82) is 0 Å². The van der Waals surface area contributed by atoms with E-state index in [1.165, 1.54) is 4.88 Å². The second-order valence-electron chi connectivity index (χ2n) is 3.88. The van der Waals surface area contributed by atoms with Crippen LogP contribution in [0.2, 0.25) is 0 Å². The van der Waals surface area contributed by atoms with Gasteiger partial charge in [-0.05, 0) is 26.3 Å². The second-order valence-corrected chi connectivity index (χ2v) is 5.34. The molecule has 0 bridgehead atoms. The van der Waals surface area contributed by atoms with Gasteiger partial charge < -0.3 is 0 Å². The van der Waals surface area contributed by atoms with Gasteiger partial charge in [0.2, 0.25) is 0 Å². The Hall–Kier alpha value is -0.630. The fourth-order valence-corrected chi connectivity index (χ4v) is 2.63. The minimum absolute atomic E-state index is 0.174. The number of aryl methyl sites for hydroxylation is 2. The maximum Gasteiger partial charge on any atom is 0.166 e. The van der Waals surface area contributed by atoms with E-state index in [1.807, 2.05) is 19.9 Å². The summed E-state index contributed by atoms with van der Waals surface area (Å²) < 4.78 is 0. The third kappa shape index (κ3) is 2.44. The molecule has 1 atom stereocenters. The molecule has 0 saturated heterocycles. The Balaban J connectivity index is 2.83. The zero-order valence-electron chi connectivity index (χ0n) is 9.39. The molecule has 1 heterocycles. The molecule has 78 valence electrons. The quantitative estimate of drug-likeness (QED) is 0.687. The fraction of sp³-hybridized carbons (Fsp3) is 0.583. The van der Waals surface area contributed by atoms with E-state index in [0.29, 0.717) is 5.78 Å². The summed E-state index contributed by atoms with van der Waals surface area (Å²) >= 11 is 1.71. The SMILES string of the molecule is CCCC(C)C(=O)c1cc(C)sc1C. The van der Waals surface area contributed by atoms with E-state index in [9.17, 15) is 4.79 Å². The first-order chi connectivity index (χ1) is 6.56. The highest BCUT2D eigenvalue weighted by atomic mass is 32.1. The topological polar surface area (TPSA) is 17.1 Å². The molecule has 1 rings (SSSR count). The van der Waals surface area contributed by atoms with Crippen molar-refractivity contribution >= 4 is 17.1 Å². The van der Waals surface area contributed by atoms with Gasteiger partial charge in [0.25, 0.3) is 0 Å².